The first kappa shape index (κ1) is 12.8. The van der Waals surface area contributed by atoms with Crippen LogP contribution in [-0.4, -0.2) is 22.3 Å². The van der Waals surface area contributed by atoms with E-state index in [4.69, 9.17) is 16.0 Å². The van der Waals surface area contributed by atoms with E-state index in [1.165, 1.54) is 0 Å². The van der Waals surface area contributed by atoms with Crippen LogP contribution in [0.15, 0.2) is 27.7 Å². The fourth-order valence-electron chi connectivity index (χ4n) is 2.16. The molecule has 0 saturated carbocycles. The van der Waals surface area contributed by atoms with Gasteiger partial charge >= 0.3 is 0 Å². The molecule has 100 valence electrons. The Bertz CT molecular complexity index is 574. The Morgan fingerprint density at radius 1 is 1.47 bits per heavy atom. The van der Waals surface area contributed by atoms with Gasteiger partial charge in [-0.1, -0.05) is 0 Å². The van der Waals surface area contributed by atoms with Crippen molar-refractivity contribution in [2.75, 3.05) is 17.2 Å². The molecule has 19 heavy (non-hydrogen) atoms. The highest BCUT2D eigenvalue weighted by molar-refractivity contribution is 7.99. The third-order valence-corrected chi connectivity index (χ3v) is 4.37. The van der Waals surface area contributed by atoms with Gasteiger partial charge in [0.1, 0.15) is 11.6 Å². The van der Waals surface area contributed by atoms with Crippen LogP contribution < -0.4 is 4.90 Å². The van der Waals surface area contributed by atoms with Gasteiger partial charge in [0, 0.05) is 18.7 Å². The number of nitrogens with zero attached hydrogens (tertiary/aromatic N) is 3. The highest BCUT2D eigenvalue weighted by Crippen LogP contribution is 2.38. The maximum Gasteiger partial charge on any atom is 0.224 e. The van der Waals surface area contributed by atoms with E-state index in [-0.39, 0.29) is 0 Å². The lowest BCUT2D eigenvalue weighted by molar-refractivity contribution is 0.502. The molecule has 0 aromatic carbocycles. The van der Waals surface area contributed by atoms with Crippen molar-refractivity contribution in [1.82, 2.24) is 9.97 Å². The zero-order valence-corrected chi connectivity index (χ0v) is 12.2. The monoisotopic (exact) mass is 295 g/mol. The van der Waals surface area contributed by atoms with Gasteiger partial charge in [-0.15, -0.1) is 11.8 Å². The normalized spacial score (nSPS) is 13.6. The van der Waals surface area contributed by atoms with Crippen molar-refractivity contribution in [3.63, 3.8) is 0 Å². The largest absolute Gasteiger partial charge is 0.467 e. The molecular formula is C13H14ClN3OS. The fraction of sp³-hybridized carbons (Fsp3) is 0.385. The van der Waals surface area contributed by atoms with Crippen molar-refractivity contribution < 1.29 is 4.42 Å². The molecule has 0 spiro atoms. The van der Waals surface area contributed by atoms with Crippen molar-refractivity contribution in [3.05, 3.63) is 35.1 Å². The molecule has 0 amide bonds. The number of aromatic nitrogens is 2. The maximum absolute atomic E-state index is 6.03. The topological polar surface area (TPSA) is 42.2 Å². The minimum Gasteiger partial charge on any atom is -0.467 e. The molecule has 1 aliphatic heterocycles. The average Bonchev–Trinajstić information content (AvgIpc) is 3.05. The third kappa shape index (κ3) is 2.58. The number of furan rings is 1. The Hall–Kier alpha value is -1.20. The van der Waals surface area contributed by atoms with Crippen LogP contribution in [0.1, 0.15) is 18.4 Å². The first-order valence-electron chi connectivity index (χ1n) is 6.24. The van der Waals surface area contributed by atoms with Gasteiger partial charge in [-0.2, -0.15) is 4.98 Å². The van der Waals surface area contributed by atoms with Gasteiger partial charge in [0.2, 0.25) is 5.28 Å². The van der Waals surface area contributed by atoms with Crippen LogP contribution in [0.25, 0.3) is 0 Å². The fourth-order valence-corrected chi connectivity index (χ4v) is 3.46. The number of hydrogen-bond donors (Lipinski definition) is 0. The molecule has 0 aliphatic carbocycles. The number of thioether (sulfide) groups is 1. The molecule has 3 rings (SSSR count). The predicted molar refractivity (Wildman–Crippen MR) is 76.9 cm³/mol. The van der Waals surface area contributed by atoms with Crippen molar-refractivity contribution in [2.24, 2.45) is 0 Å². The van der Waals surface area contributed by atoms with Crippen LogP contribution in [0.2, 0.25) is 5.28 Å². The summed E-state index contributed by atoms with van der Waals surface area (Å²) in [6.45, 7) is 3.65. The summed E-state index contributed by atoms with van der Waals surface area (Å²) in [6, 6.07) is 3.87. The highest BCUT2D eigenvalue weighted by Gasteiger charge is 2.23. The van der Waals surface area contributed by atoms with Crippen LogP contribution >= 0.6 is 23.4 Å². The first-order valence-corrected chi connectivity index (χ1v) is 7.61. The quantitative estimate of drug-likeness (QED) is 0.809. The molecular weight excluding hydrogens is 282 g/mol. The second-order valence-electron chi connectivity index (χ2n) is 4.28. The maximum atomic E-state index is 6.03. The third-order valence-electron chi connectivity index (χ3n) is 3.08. The smallest absolute Gasteiger partial charge is 0.224 e. The van der Waals surface area contributed by atoms with E-state index in [2.05, 4.69) is 21.8 Å². The lowest BCUT2D eigenvalue weighted by Gasteiger charge is -2.22. The van der Waals surface area contributed by atoms with Gasteiger partial charge in [-0.3, -0.25) is 0 Å². The van der Waals surface area contributed by atoms with Crippen LogP contribution in [0, 0.1) is 0 Å². The number of aryl methyl sites for hydroxylation is 1. The summed E-state index contributed by atoms with van der Waals surface area (Å²) in [6.07, 6.45) is 2.66. The van der Waals surface area contributed by atoms with Gasteiger partial charge in [0.15, 0.2) is 0 Å². The molecule has 0 saturated heterocycles. The molecule has 1 aliphatic rings. The highest BCUT2D eigenvalue weighted by atomic mass is 35.5. The summed E-state index contributed by atoms with van der Waals surface area (Å²) in [5.74, 6) is 2.90. The first-order chi connectivity index (χ1) is 9.28. The molecule has 3 heterocycles. The Labute approximate surface area is 121 Å². The van der Waals surface area contributed by atoms with Crippen LogP contribution in [0.4, 0.5) is 5.82 Å². The van der Waals surface area contributed by atoms with E-state index in [0.717, 1.165) is 40.9 Å². The van der Waals surface area contributed by atoms with Crippen molar-refractivity contribution in [1.29, 1.82) is 0 Å². The second kappa shape index (κ2) is 5.43. The van der Waals surface area contributed by atoms with Crippen molar-refractivity contribution in [2.45, 2.75) is 24.8 Å². The zero-order valence-electron chi connectivity index (χ0n) is 10.6. The van der Waals surface area contributed by atoms with Gasteiger partial charge in [-0.05, 0) is 30.7 Å². The average molecular weight is 296 g/mol. The molecule has 0 fully saturated rings. The lowest BCUT2D eigenvalue weighted by Crippen LogP contribution is -2.24. The van der Waals surface area contributed by atoms with E-state index in [9.17, 15) is 0 Å². The summed E-state index contributed by atoms with van der Waals surface area (Å²) >= 11 is 7.83. The van der Waals surface area contributed by atoms with Crippen molar-refractivity contribution in [3.8, 4) is 0 Å². The molecule has 2 aromatic heterocycles. The molecule has 0 atom stereocenters. The predicted octanol–water partition coefficient (Wildman–Crippen LogP) is 3.40. The summed E-state index contributed by atoms with van der Waals surface area (Å²) in [5, 5.41) is 0.328. The van der Waals surface area contributed by atoms with E-state index in [1.54, 1.807) is 18.0 Å². The SMILES string of the molecule is CCN(Cc1ccco1)c1nc(Cl)nc2c1SCC2. The van der Waals surface area contributed by atoms with Crippen LogP contribution in [0.3, 0.4) is 0 Å². The molecule has 0 radical (unpaired) electrons. The number of hydrogen-bond acceptors (Lipinski definition) is 5. The number of halogens is 1. The molecule has 6 heteroatoms. The minimum atomic E-state index is 0.328. The van der Waals surface area contributed by atoms with E-state index < -0.39 is 0 Å². The van der Waals surface area contributed by atoms with Gasteiger partial charge in [-0.25, -0.2) is 4.98 Å². The Kier molecular flexibility index (Phi) is 3.66. The van der Waals surface area contributed by atoms with Crippen LogP contribution in [-0.2, 0) is 13.0 Å². The van der Waals surface area contributed by atoms with Crippen LogP contribution in [0.5, 0.6) is 0 Å². The number of anilines is 1. The Morgan fingerprint density at radius 2 is 2.37 bits per heavy atom. The minimum absolute atomic E-state index is 0.328. The van der Waals surface area contributed by atoms with Gasteiger partial charge in [0.25, 0.3) is 0 Å². The van der Waals surface area contributed by atoms with E-state index >= 15 is 0 Å². The molecule has 0 bridgehead atoms. The van der Waals surface area contributed by atoms with E-state index in [1.807, 2.05) is 12.1 Å². The van der Waals surface area contributed by atoms with E-state index in [0.29, 0.717) is 11.8 Å². The number of fused-ring (bicyclic) bond motifs is 1. The summed E-state index contributed by atoms with van der Waals surface area (Å²) in [5.41, 5.74) is 1.07. The number of rotatable bonds is 4. The van der Waals surface area contributed by atoms with Gasteiger partial charge in [0.05, 0.1) is 23.4 Å². The molecule has 2 aromatic rings. The zero-order chi connectivity index (χ0) is 13.2. The Balaban J connectivity index is 1.95. The Morgan fingerprint density at radius 3 is 3.11 bits per heavy atom. The summed E-state index contributed by atoms with van der Waals surface area (Å²) in [7, 11) is 0. The van der Waals surface area contributed by atoms with Crippen molar-refractivity contribution >= 4 is 29.2 Å². The molecule has 4 nitrogen and oxygen atoms in total. The summed E-state index contributed by atoms with van der Waals surface area (Å²) in [4.78, 5) is 12.1. The lowest BCUT2D eigenvalue weighted by atomic mass is 10.3. The molecule has 0 unspecified atom stereocenters. The summed E-state index contributed by atoms with van der Waals surface area (Å²) < 4.78 is 5.41. The standard InChI is InChI=1S/C13H14ClN3OS/c1-2-17(8-9-4-3-6-18-9)12-11-10(5-7-19-11)15-13(14)16-12/h3-4,6H,2,5,7-8H2,1H3. The van der Waals surface area contributed by atoms with Gasteiger partial charge < -0.3 is 9.32 Å². The second-order valence-corrected chi connectivity index (χ2v) is 5.73. The molecule has 0 N–H and O–H groups in total.